The van der Waals surface area contributed by atoms with Crippen LogP contribution >= 0.6 is 0 Å². The molecule has 0 nitrogen and oxygen atoms in total. The minimum Gasteiger partial charge on any atom is -0.0715 e. The van der Waals surface area contributed by atoms with Crippen LogP contribution in [0.5, 0.6) is 0 Å². The van der Waals surface area contributed by atoms with Gasteiger partial charge in [-0.15, -0.1) is 0 Å². The van der Waals surface area contributed by atoms with Crippen LogP contribution in [0.25, 0.3) is 0 Å². The first-order chi connectivity index (χ1) is 9.66. The summed E-state index contributed by atoms with van der Waals surface area (Å²) in [6, 6.07) is 0. The summed E-state index contributed by atoms with van der Waals surface area (Å²) in [4.78, 5) is 0. The molecule has 0 N–H and O–H groups in total. The average molecular weight is 450 g/mol. The summed E-state index contributed by atoms with van der Waals surface area (Å²) in [6.45, 7) is 34.6. The fourth-order valence-electron chi connectivity index (χ4n) is 2.00. The Labute approximate surface area is 169 Å². The molecule has 0 fully saturated rings. The summed E-state index contributed by atoms with van der Waals surface area (Å²) in [6.07, 6.45) is 0. The number of hydrogen-bond acceptors (Lipinski definition) is 0. The first-order valence-electron chi connectivity index (χ1n) is 8.83. The normalized spacial score (nSPS) is 10.2. The third-order valence-corrected chi connectivity index (χ3v) is 6.00. The van der Waals surface area contributed by atoms with Crippen LogP contribution in [0.2, 0.25) is 75.5 Å². The van der Waals surface area contributed by atoms with E-state index in [1.807, 2.05) is 0 Å². The minimum absolute atomic E-state index is 0. The number of rotatable bonds is 3. The minimum atomic E-state index is -0.0957. The van der Waals surface area contributed by atoms with Crippen molar-refractivity contribution in [1.29, 1.82) is 0 Å². The molecular weight excluding hydrogens is 401 g/mol. The maximum atomic E-state index is 2.37. The summed E-state index contributed by atoms with van der Waals surface area (Å²) in [5.41, 5.74) is 2.81. The fraction of sp³-hybridized carbons (Fsp3) is 1.00. The SMILES string of the molecule is CC(C)[Si](C(C)C)C(C)C.C[Si](C)C.C[Si](C)C.C[Si](C)C.[Ge]. The molecule has 0 aromatic heterocycles. The van der Waals surface area contributed by atoms with Crippen molar-refractivity contribution in [2.75, 3.05) is 0 Å². The van der Waals surface area contributed by atoms with Crippen molar-refractivity contribution in [3.63, 3.8) is 0 Å². The maximum absolute atomic E-state index is 2.37. The van der Waals surface area contributed by atoms with Crippen LogP contribution in [0.1, 0.15) is 41.5 Å². The molecule has 0 saturated carbocycles. The Morgan fingerprint density at radius 2 is 0.478 bits per heavy atom. The van der Waals surface area contributed by atoms with Crippen LogP contribution in [0, 0.1) is 0 Å². The summed E-state index contributed by atoms with van der Waals surface area (Å²) in [7, 11) is 0.265. The van der Waals surface area contributed by atoms with E-state index in [0.29, 0.717) is 0 Å². The fourth-order valence-corrected chi connectivity index (χ4v) is 6.00. The van der Waals surface area contributed by atoms with Crippen molar-refractivity contribution in [2.45, 2.75) is 117 Å². The quantitative estimate of drug-likeness (QED) is 0.393. The molecule has 0 atom stereocenters. The van der Waals surface area contributed by atoms with Crippen molar-refractivity contribution < 1.29 is 0 Å². The predicted molar refractivity (Wildman–Crippen MR) is 127 cm³/mol. The van der Waals surface area contributed by atoms with E-state index in [2.05, 4.69) is 100 Å². The zero-order valence-corrected chi connectivity index (χ0v) is 25.3. The molecule has 0 heterocycles. The second kappa shape index (κ2) is 23.4. The zero-order chi connectivity index (χ0) is 19.0. The Bertz CT molecular complexity index is 152. The summed E-state index contributed by atoms with van der Waals surface area (Å²) in [5, 5.41) is 0. The third-order valence-electron chi connectivity index (χ3n) is 2.00. The van der Waals surface area contributed by atoms with Gasteiger partial charge in [0.25, 0.3) is 0 Å². The molecule has 8 radical (unpaired) electrons. The molecule has 0 aliphatic heterocycles. The van der Waals surface area contributed by atoms with Gasteiger partial charge in [0.1, 0.15) is 0 Å². The van der Waals surface area contributed by atoms with Crippen molar-refractivity contribution in [3.05, 3.63) is 0 Å². The zero-order valence-electron chi connectivity index (χ0n) is 19.2. The molecule has 0 aromatic rings. The van der Waals surface area contributed by atoms with Gasteiger partial charge < -0.3 is 0 Å². The molecule has 0 saturated heterocycles. The predicted octanol–water partition coefficient (Wildman–Crippen LogP) is 7.44. The Kier molecular flexibility index (Phi) is 36.1. The van der Waals surface area contributed by atoms with Gasteiger partial charge in [-0.05, 0) is 0 Å². The van der Waals surface area contributed by atoms with E-state index < -0.39 is 0 Å². The Hall–Kier alpha value is 1.41. The van der Waals surface area contributed by atoms with Crippen LogP contribution in [0.4, 0.5) is 0 Å². The van der Waals surface area contributed by atoms with E-state index in [9.17, 15) is 0 Å². The van der Waals surface area contributed by atoms with Gasteiger partial charge in [0, 0.05) is 44.0 Å². The Morgan fingerprint density at radius 3 is 0.478 bits per heavy atom. The van der Waals surface area contributed by atoms with Gasteiger partial charge in [-0.2, -0.15) is 0 Å². The van der Waals surface area contributed by atoms with Crippen LogP contribution in [0.3, 0.4) is 0 Å². The van der Waals surface area contributed by atoms with Gasteiger partial charge in [0.15, 0.2) is 0 Å². The molecule has 0 bridgehead atoms. The molecule has 0 spiro atoms. The summed E-state index contributed by atoms with van der Waals surface area (Å²) in [5.74, 6) is 0. The second-order valence-corrected chi connectivity index (χ2v) is 21.9. The molecule has 0 aromatic carbocycles. The summed E-state index contributed by atoms with van der Waals surface area (Å²) >= 11 is 0. The molecule has 0 aliphatic rings. The maximum Gasteiger partial charge on any atom is 0.0561 e. The van der Waals surface area contributed by atoms with Crippen molar-refractivity contribution in [3.8, 4) is 0 Å². The van der Waals surface area contributed by atoms with Crippen LogP contribution in [-0.2, 0) is 0 Å². The van der Waals surface area contributed by atoms with Crippen LogP contribution < -0.4 is 0 Å². The first-order valence-corrected chi connectivity index (χ1v) is 19.6. The van der Waals surface area contributed by atoms with Gasteiger partial charge in [-0.25, -0.2) is 0 Å². The molecule has 5 heteroatoms. The van der Waals surface area contributed by atoms with E-state index in [1.165, 1.54) is 0 Å². The van der Waals surface area contributed by atoms with E-state index in [-0.39, 0.29) is 52.8 Å². The van der Waals surface area contributed by atoms with Gasteiger partial charge in [0.05, 0.1) is 8.80 Å². The monoisotopic (exact) mass is 450 g/mol. The van der Waals surface area contributed by atoms with E-state index in [0.717, 1.165) is 16.6 Å². The van der Waals surface area contributed by atoms with E-state index in [1.54, 1.807) is 0 Å². The third kappa shape index (κ3) is 59.7. The molecule has 0 amide bonds. The van der Waals surface area contributed by atoms with Gasteiger partial charge in [-0.1, -0.05) is 117 Å². The summed E-state index contributed by atoms with van der Waals surface area (Å²) < 4.78 is 0. The molecule has 0 unspecified atom stereocenters. The molecule has 0 aliphatic carbocycles. The molecule has 140 valence electrons. The molecule has 0 rings (SSSR count). The topological polar surface area (TPSA) is 0 Å². The average Bonchev–Trinajstić information content (AvgIpc) is 2.10. The van der Waals surface area contributed by atoms with Crippen molar-refractivity contribution in [1.82, 2.24) is 0 Å². The van der Waals surface area contributed by atoms with Crippen LogP contribution in [0.15, 0.2) is 0 Å². The largest absolute Gasteiger partial charge is 0.0715 e. The van der Waals surface area contributed by atoms with Crippen molar-refractivity contribution in [2.24, 2.45) is 0 Å². The molecular formula is C18H48GeSi4. The van der Waals surface area contributed by atoms with Crippen LogP contribution in [-0.4, -0.2) is 52.8 Å². The second-order valence-electron chi connectivity index (χ2n) is 8.46. The van der Waals surface area contributed by atoms with Gasteiger partial charge in [-0.3, -0.25) is 0 Å². The number of hydrogen-bond donors (Lipinski definition) is 0. The smallest absolute Gasteiger partial charge is 0.0561 e. The first kappa shape index (κ1) is 35.5. The standard InChI is InChI=1S/C9H21Si.3C3H9Si.Ge/c1-7(2)10(8(3)4)9(5)6;3*1-4(2)3;/h7-9H,1-6H3;3*1-3H3;. The molecule has 23 heavy (non-hydrogen) atoms. The van der Waals surface area contributed by atoms with E-state index in [4.69, 9.17) is 0 Å². The Morgan fingerprint density at radius 1 is 0.391 bits per heavy atom. The Balaban J connectivity index is -0.0000000700. The van der Waals surface area contributed by atoms with Crippen molar-refractivity contribution >= 4 is 52.8 Å². The van der Waals surface area contributed by atoms with Gasteiger partial charge >= 0.3 is 0 Å². The van der Waals surface area contributed by atoms with Gasteiger partial charge in [0.2, 0.25) is 0 Å². The van der Waals surface area contributed by atoms with E-state index >= 15 is 0 Å².